The van der Waals surface area contributed by atoms with Gasteiger partial charge in [-0.3, -0.25) is 0 Å². The molecule has 0 aromatic carbocycles. The van der Waals surface area contributed by atoms with Crippen molar-refractivity contribution in [2.75, 3.05) is 13.2 Å². The molecule has 0 N–H and O–H groups in total. The second kappa shape index (κ2) is 5.12. The summed E-state index contributed by atoms with van der Waals surface area (Å²) in [6.07, 6.45) is 0.841. The van der Waals surface area contributed by atoms with Gasteiger partial charge < -0.3 is 14.2 Å². The summed E-state index contributed by atoms with van der Waals surface area (Å²) in [5, 5.41) is 0. The SMILES string of the molecule is CC/C(C)=C(\C)C(=O)OC1OCCO1. The van der Waals surface area contributed by atoms with Crippen molar-refractivity contribution >= 4 is 5.97 Å². The van der Waals surface area contributed by atoms with Gasteiger partial charge in [-0.15, -0.1) is 0 Å². The Hall–Kier alpha value is -0.870. The summed E-state index contributed by atoms with van der Waals surface area (Å²) in [4.78, 5) is 11.5. The predicted octanol–water partition coefficient (Wildman–Crippen LogP) is 1.61. The van der Waals surface area contributed by atoms with Gasteiger partial charge in [0.1, 0.15) is 0 Å². The molecule has 4 heteroatoms. The third kappa shape index (κ3) is 2.82. The fourth-order valence-corrected chi connectivity index (χ4v) is 1.02. The van der Waals surface area contributed by atoms with Crippen LogP contribution in [0.4, 0.5) is 0 Å². The van der Waals surface area contributed by atoms with Gasteiger partial charge >= 0.3 is 12.4 Å². The molecule has 0 unspecified atom stereocenters. The third-order valence-corrected chi connectivity index (χ3v) is 2.27. The Balaban J connectivity index is 2.48. The van der Waals surface area contributed by atoms with Crippen molar-refractivity contribution in [3.8, 4) is 0 Å². The van der Waals surface area contributed by atoms with Crippen molar-refractivity contribution in [1.82, 2.24) is 0 Å². The standard InChI is InChI=1S/C10H16O4/c1-4-7(2)8(3)9(11)14-10-12-5-6-13-10/h10H,4-6H2,1-3H3/b8-7+. The Bertz CT molecular complexity index is 239. The highest BCUT2D eigenvalue weighted by atomic mass is 16.9. The van der Waals surface area contributed by atoms with Crippen molar-refractivity contribution in [3.63, 3.8) is 0 Å². The molecule has 0 bridgehead atoms. The van der Waals surface area contributed by atoms with E-state index in [1.807, 2.05) is 13.8 Å². The molecule has 1 heterocycles. The fourth-order valence-electron chi connectivity index (χ4n) is 1.02. The number of hydrogen-bond donors (Lipinski definition) is 0. The molecule has 1 fully saturated rings. The van der Waals surface area contributed by atoms with E-state index >= 15 is 0 Å². The lowest BCUT2D eigenvalue weighted by Crippen LogP contribution is -2.19. The quantitative estimate of drug-likeness (QED) is 0.513. The van der Waals surface area contributed by atoms with Crippen LogP contribution in [0.3, 0.4) is 0 Å². The Morgan fingerprint density at radius 2 is 1.93 bits per heavy atom. The molecule has 0 spiro atoms. The monoisotopic (exact) mass is 200 g/mol. The van der Waals surface area contributed by atoms with E-state index in [0.29, 0.717) is 18.8 Å². The summed E-state index contributed by atoms with van der Waals surface area (Å²) in [6, 6.07) is 0. The average Bonchev–Trinajstić information content (AvgIpc) is 2.68. The summed E-state index contributed by atoms with van der Waals surface area (Å²) in [7, 11) is 0. The van der Waals surface area contributed by atoms with E-state index in [4.69, 9.17) is 14.2 Å². The summed E-state index contributed by atoms with van der Waals surface area (Å²) < 4.78 is 15.0. The van der Waals surface area contributed by atoms with Gasteiger partial charge in [0.25, 0.3) is 0 Å². The maximum atomic E-state index is 11.5. The van der Waals surface area contributed by atoms with E-state index in [1.165, 1.54) is 0 Å². The lowest BCUT2D eigenvalue weighted by atomic mass is 10.1. The summed E-state index contributed by atoms with van der Waals surface area (Å²) in [6.45, 7) is 5.79. The van der Waals surface area contributed by atoms with E-state index in [0.717, 1.165) is 12.0 Å². The molecule has 0 aromatic rings. The highest BCUT2D eigenvalue weighted by Crippen LogP contribution is 2.12. The Kier molecular flexibility index (Phi) is 4.10. The van der Waals surface area contributed by atoms with Gasteiger partial charge in [0.2, 0.25) is 0 Å². The molecule has 0 radical (unpaired) electrons. The first-order chi connectivity index (χ1) is 6.65. The zero-order valence-electron chi connectivity index (χ0n) is 8.83. The number of rotatable bonds is 3. The van der Waals surface area contributed by atoms with Crippen molar-refractivity contribution < 1.29 is 19.0 Å². The maximum absolute atomic E-state index is 11.5. The summed E-state index contributed by atoms with van der Waals surface area (Å²) >= 11 is 0. The second-order valence-electron chi connectivity index (χ2n) is 3.19. The summed E-state index contributed by atoms with van der Waals surface area (Å²) in [5.74, 6) is -0.365. The molecule has 0 aromatic heterocycles. The average molecular weight is 200 g/mol. The van der Waals surface area contributed by atoms with E-state index in [2.05, 4.69) is 0 Å². The Labute approximate surface area is 83.8 Å². The molecule has 0 atom stereocenters. The van der Waals surface area contributed by atoms with Gasteiger partial charge in [-0.05, 0) is 20.3 Å². The van der Waals surface area contributed by atoms with Crippen LogP contribution in [0.1, 0.15) is 27.2 Å². The highest BCUT2D eigenvalue weighted by molar-refractivity contribution is 5.88. The molecule has 0 aliphatic carbocycles. The number of ether oxygens (including phenoxy) is 3. The molecule has 1 rings (SSSR count). The maximum Gasteiger partial charge on any atom is 0.337 e. The minimum absolute atomic E-state index is 0.365. The van der Waals surface area contributed by atoms with Crippen LogP contribution in [0, 0.1) is 0 Å². The van der Waals surface area contributed by atoms with Gasteiger partial charge in [0.05, 0.1) is 13.2 Å². The lowest BCUT2D eigenvalue weighted by molar-refractivity contribution is -0.223. The molecule has 0 saturated carbocycles. The number of carbonyl (C=O) groups is 1. The smallest absolute Gasteiger partial charge is 0.337 e. The first-order valence-electron chi connectivity index (χ1n) is 4.75. The van der Waals surface area contributed by atoms with Crippen LogP contribution in [0.5, 0.6) is 0 Å². The Morgan fingerprint density at radius 3 is 2.43 bits per heavy atom. The molecule has 14 heavy (non-hydrogen) atoms. The first-order valence-corrected chi connectivity index (χ1v) is 4.75. The number of carbonyl (C=O) groups excluding carboxylic acids is 1. The molecule has 1 aliphatic rings. The topological polar surface area (TPSA) is 44.8 Å². The highest BCUT2D eigenvalue weighted by Gasteiger charge is 2.21. The van der Waals surface area contributed by atoms with E-state index < -0.39 is 6.48 Å². The second-order valence-corrected chi connectivity index (χ2v) is 3.19. The summed E-state index contributed by atoms with van der Waals surface area (Å²) in [5.41, 5.74) is 1.65. The van der Waals surface area contributed by atoms with Gasteiger partial charge in [0, 0.05) is 5.57 Å². The van der Waals surface area contributed by atoms with Crippen LogP contribution in [-0.2, 0) is 19.0 Å². The zero-order valence-corrected chi connectivity index (χ0v) is 8.83. The fraction of sp³-hybridized carbons (Fsp3) is 0.700. The zero-order chi connectivity index (χ0) is 10.6. The van der Waals surface area contributed by atoms with Gasteiger partial charge in [0.15, 0.2) is 0 Å². The molecular weight excluding hydrogens is 184 g/mol. The molecule has 1 saturated heterocycles. The largest absolute Gasteiger partial charge is 0.407 e. The van der Waals surface area contributed by atoms with E-state index in [9.17, 15) is 4.79 Å². The van der Waals surface area contributed by atoms with Crippen LogP contribution in [0.2, 0.25) is 0 Å². The van der Waals surface area contributed by atoms with Crippen LogP contribution in [-0.4, -0.2) is 25.7 Å². The molecule has 1 aliphatic heterocycles. The van der Waals surface area contributed by atoms with Crippen LogP contribution < -0.4 is 0 Å². The molecular formula is C10H16O4. The van der Waals surface area contributed by atoms with Crippen molar-refractivity contribution in [2.45, 2.75) is 33.7 Å². The predicted molar refractivity (Wildman–Crippen MR) is 50.4 cm³/mol. The van der Waals surface area contributed by atoms with Gasteiger partial charge in [-0.1, -0.05) is 12.5 Å². The molecule has 4 nitrogen and oxygen atoms in total. The third-order valence-electron chi connectivity index (χ3n) is 2.27. The van der Waals surface area contributed by atoms with Gasteiger partial charge in [-0.2, -0.15) is 0 Å². The van der Waals surface area contributed by atoms with Crippen LogP contribution >= 0.6 is 0 Å². The number of hydrogen-bond acceptors (Lipinski definition) is 4. The van der Waals surface area contributed by atoms with Crippen molar-refractivity contribution in [1.29, 1.82) is 0 Å². The van der Waals surface area contributed by atoms with Gasteiger partial charge in [-0.25, -0.2) is 4.79 Å². The number of esters is 1. The van der Waals surface area contributed by atoms with Crippen molar-refractivity contribution in [2.24, 2.45) is 0 Å². The minimum Gasteiger partial charge on any atom is -0.407 e. The molecule has 0 amide bonds. The van der Waals surface area contributed by atoms with Crippen molar-refractivity contribution in [3.05, 3.63) is 11.1 Å². The normalized spacial score (nSPS) is 19.4. The van der Waals surface area contributed by atoms with E-state index in [1.54, 1.807) is 6.92 Å². The van der Waals surface area contributed by atoms with Crippen LogP contribution in [0.25, 0.3) is 0 Å². The van der Waals surface area contributed by atoms with E-state index in [-0.39, 0.29) is 5.97 Å². The lowest BCUT2D eigenvalue weighted by Gasteiger charge is -2.11. The van der Waals surface area contributed by atoms with Crippen LogP contribution in [0.15, 0.2) is 11.1 Å². The molecule has 80 valence electrons. The number of allylic oxidation sites excluding steroid dienone is 1. The first kappa shape index (κ1) is 11.2. The minimum atomic E-state index is -0.817. The Morgan fingerprint density at radius 1 is 1.36 bits per heavy atom.